The molecule has 0 aromatic rings. The first-order valence-corrected chi connectivity index (χ1v) is 6.87. The zero-order chi connectivity index (χ0) is 17.7. The van der Waals surface area contributed by atoms with Gasteiger partial charge in [0.15, 0.2) is 0 Å². The summed E-state index contributed by atoms with van der Waals surface area (Å²) in [4.78, 5) is 41.3. The van der Waals surface area contributed by atoms with Gasteiger partial charge in [-0.1, -0.05) is 0 Å². The van der Waals surface area contributed by atoms with Crippen LogP contribution >= 0.6 is 0 Å². The van der Waals surface area contributed by atoms with E-state index in [9.17, 15) is 19.2 Å². The van der Waals surface area contributed by atoms with Crippen LogP contribution < -0.4 is 0 Å². The van der Waals surface area contributed by atoms with Gasteiger partial charge in [0.2, 0.25) is 0 Å². The average molecular weight is 320 g/mol. The zero-order valence-electron chi connectivity index (χ0n) is 13.3. The molecule has 0 aliphatic carbocycles. The SMILES string of the molecule is CC(C)OC(=O)CCC(=O)OC(C)C.O=C(O)CCC(=O)O. The van der Waals surface area contributed by atoms with Crippen molar-refractivity contribution in [1.82, 2.24) is 0 Å². The Morgan fingerprint density at radius 2 is 0.955 bits per heavy atom. The Morgan fingerprint density at radius 1 is 0.682 bits per heavy atom. The lowest BCUT2D eigenvalue weighted by Gasteiger charge is -2.09. The number of carbonyl (C=O) groups is 4. The maximum Gasteiger partial charge on any atom is 0.306 e. The van der Waals surface area contributed by atoms with E-state index in [-0.39, 0.29) is 49.8 Å². The van der Waals surface area contributed by atoms with E-state index in [1.54, 1.807) is 27.7 Å². The second-order valence-electron chi connectivity index (χ2n) is 4.86. The third-order valence-electron chi connectivity index (χ3n) is 1.82. The molecule has 128 valence electrons. The second kappa shape index (κ2) is 12.6. The fourth-order valence-corrected chi connectivity index (χ4v) is 1.06. The van der Waals surface area contributed by atoms with E-state index in [1.165, 1.54) is 0 Å². The molecule has 2 N–H and O–H groups in total. The summed E-state index contributed by atoms with van der Waals surface area (Å²) < 4.78 is 9.72. The van der Waals surface area contributed by atoms with Crippen molar-refractivity contribution < 1.29 is 38.9 Å². The Balaban J connectivity index is 0. The molecule has 0 saturated heterocycles. The Hall–Kier alpha value is -2.12. The third kappa shape index (κ3) is 20.2. The van der Waals surface area contributed by atoms with E-state index in [0.29, 0.717) is 0 Å². The molecule has 0 bridgehead atoms. The summed E-state index contributed by atoms with van der Waals surface area (Å²) in [5, 5.41) is 15.8. The number of ether oxygens (including phenoxy) is 2. The molecule has 0 radical (unpaired) electrons. The number of carboxylic acid groups (broad SMARTS) is 2. The summed E-state index contributed by atoms with van der Waals surface area (Å²) in [6.45, 7) is 7.07. The van der Waals surface area contributed by atoms with Crippen molar-refractivity contribution in [3.8, 4) is 0 Å². The van der Waals surface area contributed by atoms with E-state index >= 15 is 0 Å². The molecular formula is C14H24O8. The monoisotopic (exact) mass is 320 g/mol. The third-order valence-corrected chi connectivity index (χ3v) is 1.82. The number of esters is 2. The summed E-state index contributed by atoms with van der Waals surface area (Å²) in [7, 11) is 0. The van der Waals surface area contributed by atoms with Crippen molar-refractivity contribution in [3.05, 3.63) is 0 Å². The first-order chi connectivity index (χ1) is 10.0. The van der Waals surface area contributed by atoms with Crippen LogP contribution in [0.1, 0.15) is 53.4 Å². The van der Waals surface area contributed by atoms with Crippen molar-refractivity contribution in [3.63, 3.8) is 0 Å². The first kappa shape index (κ1) is 22.2. The van der Waals surface area contributed by atoms with Gasteiger partial charge in [0, 0.05) is 0 Å². The van der Waals surface area contributed by atoms with Gasteiger partial charge in [-0.05, 0) is 27.7 Å². The Morgan fingerprint density at radius 3 is 1.14 bits per heavy atom. The highest BCUT2D eigenvalue weighted by atomic mass is 16.5. The quantitative estimate of drug-likeness (QED) is 0.646. The maximum absolute atomic E-state index is 11.0. The number of aliphatic carboxylic acids is 2. The van der Waals surface area contributed by atoms with Gasteiger partial charge in [0.05, 0.1) is 37.9 Å². The minimum Gasteiger partial charge on any atom is -0.481 e. The molecule has 0 aromatic carbocycles. The van der Waals surface area contributed by atoms with E-state index in [0.717, 1.165) is 0 Å². The van der Waals surface area contributed by atoms with Gasteiger partial charge in [-0.25, -0.2) is 0 Å². The highest BCUT2D eigenvalue weighted by molar-refractivity contribution is 5.77. The lowest BCUT2D eigenvalue weighted by molar-refractivity contribution is -0.154. The maximum atomic E-state index is 11.0. The van der Waals surface area contributed by atoms with E-state index in [2.05, 4.69) is 0 Å². The largest absolute Gasteiger partial charge is 0.481 e. The minimum absolute atomic E-state index is 0.0870. The van der Waals surface area contributed by atoms with Crippen LogP contribution in [0.25, 0.3) is 0 Å². The fourth-order valence-electron chi connectivity index (χ4n) is 1.06. The van der Waals surface area contributed by atoms with Gasteiger partial charge in [-0.15, -0.1) is 0 Å². The summed E-state index contributed by atoms with van der Waals surface area (Å²) in [6, 6.07) is 0. The van der Waals surface area contributed by atoms with Gasteiger partial charge in [-0.2, -0.15) is 0 Å². The molecule has 0 heterocycles. The van der Waals surface area contributed by atoms with E-state index < -0.39 is 11.9 Å². The molecule has 0 fully saturated rings. The van der Waals surface area contributed by atoms with Crippen molar-refractivity contribution >= 4 is 23.9 Å². The number of hydrogen-bond donors (Lipinski definition) is 2. The Kier molecular flexibility index (Phi) is 12.7. The fraction of sp³-hybridized carbons (Fsp3) is 0.714. The van der Waals surface area contributed by atoms with Crippen LogP contribution in [0, 0.1) is 0 Å². The normalized spacial score (nSPS) is 9.73. The summed E-state index contributed by atoms with van der Waals surface area (Å²) in [5.41, 5.74) is 0. The van der Waals surface area contributed by atoms with Crippen LogP contribution in [0.4, 0.5) is 0 Å². The van der Waals surface area contributed by atoms with Crippen LogP contribution in [0.2, 0.25) is 0 Å². The van der Waals surface area contributed by atoms with Gasteiger partial charge in [0.25, 0.3) is 0 Å². The zero-order valence-corrected chi connectivity index (χ0v) is 13.3. The van der Waals surface area contributed by atoms with Gasteiger partial charge in [0.1, 0.15) is 0 Å². The van der Waals surface area contributed by atoms with Gasteiger partial charge in [-0.3, -0.25) is 19.2 Å². The molecule has 0 atom stereocenters. The van der Waals surface area contributed by atoms with Crippen LogP contribution in [-0.2, 0) is 28.7 Å². The summed E-state index contributed by atoms with van der Waals surface area (Å²) in [6.07, 6.45) is -0.690. The van der Waals surface area contributed by atoms with E-state index in [4.69, 9.17) is 19.7 Å². The van der Waals surface area contributed by atoms with Gasteiger partial charge >= 0.3 is 23.9 Å². The van der Waals surface area contributed by atoms with Gasteiger partial charge < -0.3 is 19.7 Å². The molecule has 8 nitrogen and oxygen atoms in total. The highest BCUT2D eigenvalue weighted by Gasteiger charge is 2.11. The molecule has 0 spiro atoms. The topological polar surface area (TPSA) is 127 Å². The van der Waals surface area contributed by atoms with Crippen molar-refractivity contribution in [1.29, 1.82) is 0 Å². The van der Waals surface area contributed by atoms with Crippen LogP contribution in [-0.4, -0.2) is 46.3 Å². The van der Waals surface area contributed by atoms with Crippen LogP contribution in [0.5, 0.6) is 0 Å². The standard InChI is InChI=1S/C10H18O4.C4H6O4/c1-7(2)13-9(11)5-6-10(12)14-8(3)4;5-3(6)1-2-4(7)8/h7-8H,5-6H2,1-4H3;1-2H2,(H,5,6)(H,7,8). The number of carbonyl (C=O) groups excluding carboxylic acids is 2. The predicted molar refractivity (Wildman–Crippen MR) is 76.2 cm³/mol. The second-order valence-corrected chi connectivity index (χ2v) is 4.86. The molecule has 0 saturated carbocycles. The lowest BCUT2D eigenvalue weighted by Crippen LogP contribution is -2.16. The number of carboxylic acids is 2. The Bertz CT molecular complexity index is 337. The molecule has 22 heavy (non-hydrogen) atoms. The Labute approximate surface area is 129 Å². The molecule has 0 rings (SSSR count). The number of rotatable bonds is 8. The predicted octanol–water partition coefficient (Wildman–Crippen LogP) is 1.61. The molecule has 0 aliphatic heterocycles. The van der Waals surface area contributed by atoms with Crippen molar-refractivity contribution in [2.24, 2.45) is 0 Å². The smallest absolute Gasteiger partial charge is 0.306 e. The molecule has 0 aromatic heterocycles. The van der Waals surface area contributed by atoms with Crippen molar-refractivity contribution in [2.75, 3.05) is 0 Å². The molecule has 8 heteroatoms. The average Bonchev–Trinajstić information content (AvgIpc) is 2.33. The number of hydrogen-bond acceptors (Lipinski definition) is 6. The molecular weight excluding hydrogens is 296 g/mol. The summed E-state index contributed by atoms with van der Waals surface area (Å²) >= 11 is 0. The lowest BCUT2D eigenvalue weighted by atomic mass is 10.3. The molecule has 0 unspecified atom stereocenters. The molecule has 0 aliphatic rings. The molecule has 0 amide bonds. The van der Waals surface area contributed by atoms with E-state index in [1.807, 2.05) is 0 Å². The highest BCUT2D eigenvalue weighted by Crippen LogP contribution is 2.00. The summed E-state index contributed by atoms with van der Waals surface area (Å²) in [5.74, 6) is -2.87. The van der Waals surface area contributed by atoms with Crippen molar-refractivity contribution in [2.45, 2.75) is 65.6 Å². The minimum atomic E-state index is -1.08. The van der Waals surface area contributed by atoms with Crippen LogP contribution in [0.15, 0.2) is 0 Å². The first-order valence-electron chi connectivity index (χ1n) is 6.87. The van der Waals surface area contributed by atoms with Crippen LogP contribution in [0.3, 0.4) is 0 Å².